The number of aliphatic hydroxyl groups excluding tert-OH is 1. The van der Waals surface area contributed by atoms with E-state index in [2.05, 4.69) is 44.9 Å². The van der Waals surface area contributed by atoms with Gasteiger partial charge in [-0.3, -0.25) is 4.79 Å². The number of aromatic nitrogens is 2. The number of anilines is 1. The molecule has 0 unspecified atom stereocenters. The molecule has 1 aromatic carbocycles. The Labute approximate surface area is 192 Å². The molecule has 3 heterocycles. The molecule has 0 aliphatic carbocycles. The lowest BCUT2D eigenvalue weighted by molar-refractivity contribution is 0.0544. The lowest BCUT2D eigenvalue weighted by atomic mass is 9.74. The van der Waals surface area contributed by atoms with Crippen molar-refractivity contribution in [3.05, 3.63) is 52.7 Å². The zero-order valence-electron chi connectivity index (χ0n) is 18.6. The van der Waals surface area contributed by atoms with Gasteiger partial charge >= 0.3 is 0 Å². The molecule has 0 saturated carbocycles. The number of carbonyl (C=O) groups excluding carboxylic acids is 1. The van der Waals surface area contributed by atoms with E-state index < -0.39 is 6.10 Å². The molecular formula is C24H30N4O3S. The van der Waals surface area contributed by atoms with Crippen molar-refractivity contribution in [1.29, 1.82) is 0 Å². The number of fused-ring (bicyclic) bond motifs is 1. The summed E-state index contributed by atoms with van der Waals surface area (Å²) in [5, 5.41) is 17.0. The van der Waals surface area contributed by atoms with Gasteiger partial charge in [-0.05, 0) is 37.3 Å². The van der Waals surface area contributed by atoms with Crippen LogP contribution in [0.25, 0.3) is 10.2 Å². The molecule has 3 N–H and O–H groups in total. The minimum Gasteiger partial charge on any atom is -0.391 e. The molecule has 7 nitrogen and oxygen atoms in total. The number of hydrogen-bond donors (Lipinski definition) is 3. The van der Waals surface area contributed by atoms with Gasteiger partial charge in [0, 0.05) is 31.7 Å². The highest BCUT2D eigenvalue weighted by Crippen LogP contribution is 2.37. The minimum absolute atomic E-state index is 0.0306. The summed E-state index contributed by atoms with van der Waals surface area (Å²) in [7, 11) is 0. The SMILES string of the molecule is CC[C@H](O)CNC(=O)c1sc2ncnc(NCC3(c4ccccc4)CCOCC3)c2c1C. The van der Waals surface area contributed by atoms with Gasteiger partial charge in [-0.1, -0.05) is 37.3 Å². The molecule has 0 bridgehead atoms. The summed E-state index contributed by atoms with van der Waals surface area (Å²) >= 11 is 1.36. The van der Waals surface area contributed by atoms with Crippen LogP contribution in [-0.2, 0) is 10.2 Å². The van der Waals surface area contributed by atoms with Crippen LogP contribution >= 0.6 is 11.3 Å². The van der Waals surface area contributed by atoms with Crippen LogP contribution in [-0.4, -0.2) is 53.4 Å². The predicted octanol–water partition coefficient (Wildman–Crippen LogP) is 3.66. The molecule has 32 heavy (non-hydrogen) atoms. The molecule has 1 atom stereocenters. The van der Waals surface area contributed by atoms with E-state index in [9.17, 15) is 9.90 Å². The normalized spacial score (nSPS) is 16.6. The van der Waals surface area contributed by atoms with Crippen molar-refractivity contribution < 1.29 is 14.6 Å². The maximum atomic E-state index is 12.7. The van der Waals surface area contributed by atoms with Crippen molar-refractivity contribution in [1.82, 2.24) is 15.3 Å². The zero-order chi connectivity index (χ0) is 22.6. The molecule has 2 aromatic heterocycles. The molecule has 8 heteroatoms. The van der Waals surface area contributed by atoms with Gasteiger partial charge in [0.1, 0.15) is 17.0 Å². The summed E-state index contributed by atoms with van der Waals surface area (Å²) in [5.41, 5.74) is 2.13. The van der Waals surface area contributed by atoms with Gasteiger partial charge in [0.15, 0.2) is 0 Å². The van der Waals surface area contributed by atoms with Gasteiger partial charge in [-0.15, -0.1) is 11.3 Å². The number of rotatable bonds is 8. The van der Waals surface area contributed by atoms with Crippen LogP contribution in [0.5, 0.6) is 0 Å². The van der Waals surface area contributed by atoms with E-state index in [1.807, 2.05) is 19.9 Å². The van der Waals surface area contributed by atoms with E-state index in [-0.39, 0.29) is 17.9 Å². The molecule has 3 aromatic rings. The number of amides is 1. The van der Waals surface area contributed by atoms with Gasteiger partial charge in [-0.25, -0.2) is 9.97 Å². The molecule has 170 valence electrons. The standard InChI is InChI=1S/C24H30N4O3S/c1-3-18(29)13-25-22(30)20-16(2)19-21(27-15-28-23(19)32-20)26-14-24(9-11-31-12-10-24)17-7-5-4-6-8-17/h4-8,15,18,29H,3,9-14H2,1-2H3,(H,25,30)(H,26,27,28)/t18-/m0/s1. The van der Waals surface area contributed by atoms with E-state index in [4.69, 9.17) is 4.74 Å². The Balaban J connectivity index is 1.59. The van der Waals surface area contributed by atoms with E-state index in [1.54, 1.807) is 6.33 Å². The Bertz CT molecular complexity index is 1060. The topological polar surface area (TPSA) is 96.4 Å². The summed E-state index contributed by atoms with van der Waals surface area (Å²) in [5.74, 6) is 0.562. The number of aryl methyl sites for hydroxylation is 1. The van der Waals surface area contributed by atoms with Crippen LogP contribution in [0.15, 0.2) is 36.7 Å². The first-order valence-electron chi connectivity index (χ1n) is 11.1. The summed E-state index contributed by atoms with van der Waals surface area (Å²) in [4.78, 5) is 23.0. The average Bonchev–Trinajstić information content (AvgIpc) is 3.19. The predicted molar refractivity (Wildman–Crippen MR) is 127 cm³/mol. The fraction of sp³-hybridized carbons (Fsp3) is 0.458. The largest absolute Gasteiger partial charge is 0.391 e. The first-order chi connectivity index (χ1) is 15.5. The summed E-state index contributed by atoms with van der Waals surface area (Å²) in [6, 6.07) is 10.6. The number of nitrogens with one attached hydrogen (secondary N) is 2. The second-order valence-corrected chi connectivity index (χ2v) is 9.34. The highest BCUT2D eigenvalue weighted by atomic mass is 32.1. The highest BCUT2D eigenvalue weighted by molar-refractivity contribution is 7.20. The lowest BCUT2D eigenvalue weighted by Crippen LogP contribution is -2.40. The molecule has 1 fully saturated rings. The molecule has 1 amide bonds. The monoisotopic (exact) mass is 454 g/mol. The van der Waals surface area contributed by atoms with Crippen molar-refractivity contribution in [2.75, 3.05) is 31.6 Å². The maximum absolute atomic E-state index is 12.7. The molecule has 1 saturated heterocycles. The third-order valence-corrected chi connectivity index (χ3v) is 7.53. The summed E-state index contributed by atoms with van der Waals surface area (Å²) < 4.78 is 5.65. The molecular weight excluding hydrogens is 424 g/mol. The van der Waals surface area contributed by atoms with Crippen molar-refractivity contribution in [2.24, 2.45) is 0 Å². The molecule has 0 spiro atoms. The first-order valence-corrected chi connectivity index (χ1v) is 11.9. The minimum atomic E-state index is -0.542. The Kier molecular flexibility index (Phi) is 7.03. The fourth-order valence-corrected chi connectivity index (χ4v) is 5.30. The molecule has 0 radical (unpaired) electrons. The number of thiophene rings is 1. The first kappa shape index (κ1) is 22.6. The quantitative estimate of drug-likeness (QED) is 0.481. The van der Waals surface area contributed by atoms with Crippen molar-refractivity contribution in [2.45, 2.75) is 44.6 Å². The third kappa shape index (κ3) is 4.62. The second-order valence-electron chi connectivity index (χ2n) is 8.34. The van der Waals surface area contributed by atoms with Crippen molar-refractivity contribution in [3.63, 3.8) is 0 Å². The highest BCUT2D eigenvalue weighted by Gasteiger charge is 2.34. The Hall–Kier alpha value is -2.55. The maximum Gasteiger partial charge on any atom is 0.261 e. The second kappa shape index (κ2) is 9.94. The number of nitrogens with zero attached hydrogens (tertiary/aromatic N) is 2. The summed E-state index contributed by atoms with van der Waals surface area (Å²) in [6.07, 6.45) is 3.48. The smallest absolute Gasteiger partial charge is 0.261 e. The van der Waals surface area contributed by atoms with Crippen LogP contribution in [0.1, 0.15) is 47.0 Å². The van der Waals surface area contributed by atoms with Gasteiger partial charge < -0.3 is 20.5 Å². The van der Waals surface area contributed by atoms with Crippen LogP contribution in [0.3, 0.4) is 0 Å². The average molecular weight is 455 g/mol. The van der Waals surface area contributed by atoms with Crippen LogP contribution in [0, 0.1) is 6.92 Å². The van der Waals surface area contributed by atoms with Gasteiger partial charge in [0.2, 0.25) is 0 Å². The lowest BCUT2D eigenvalue weighted by Gasteiger charge is -2.38. The van der Waals surface area contributed by atoms with E-state index in [0.29, 0.717) is 11.3 Å². The number of aliphatic hydroxyl groups is 1. The zero-order valence-corrected chi connectivity index (χ0v) is 19.4. The fourth-order valence-electron chi connectivity index (χ4n) is 4.23. The molecule has 1 aliphatic rings. The Morgan fingerprint density at radius 2 is 2.00 bits per heavy atom. The molecule has 1 aliphatic heterocycles. The summed E-state index contributed by atoms with van der Waals surface area (Å²) in [6.45, 7) is 6.26. The molecule has 4 rings (SSSR count). The van der Waals surface area contributed by atoms with Crippen LogP contribution in [0.2, 0.25) is 0 Å². The van der Waals surface area contributed by atoms with Crippen LogP contribution < -0.4 is 10.6 Å². The number of carbonyl (C=O) groups is 1. The Morgan fingerprint density at radius 3 is 2.72 bits per heavy atom. The van der Waals surface area contributed by atoms with Crippen molar-refractivity contribution in [3.8, 4) is 0 Å². The van der Waals surface area contributed by atoms with E-state index in [0.717, 1.165) is 54.2 Å². The third-order valence-electron chi connectivity index (χ3n) is 6.33. The Morgan fingerprint density at radius 1 is 1.25 bits per heavy atom. The van der Waals surface area contributed by atoms with E-state index >= 15 is 0 Å². The number of benzene rings is 1. The van der Waals surface area contributed by atoms with Gasteiger partial charge in [0.25, 0.3) is 5.91 Å². The number of hydrogen-bond acceptors (Lipinski definition) is 7. The van der Waals surface area contributed by atoms with Gasteiger partial charge in [-0.2, -0.15) is 0 Å². The van der Waals surface area contributed by atoms with E-state index in [1.165, 1.54) is 16.9 Å². The van der Waals surface area contributed by atoms with Crippen molar-refractivity contribution >= 4 is 33.3 Å². The van der Waals surface area contributed by atoms with Crippen LogP contribution in [0.4, 0.5) is 5.82 Å². The number of ether oxygens (including phenoxy) is 1. The van der Waals surface area contributed by atoms with Gasteiger partial charge in [0.05, 0.1) is 16.4 Å².